The lowest BCUT2D eigenvalue weighted by atomic mass is 9.96. The Kier molecular flexibility index (Phi) is 9.95. The number of hydrogen-bond donors (Lipinski definition) is 0. The molecule has 0 spiro atoms. The van der Waals surface area contributed by atoms with Gasteiger partial charge >= 0.3 is 5.97 Å². The summed E-state index contributed by atoms with van der Waals surface area (Å²) in [5.74, 6) is 2.05. The van der Waals surface area contributed by atoms with Crippen molar-refractivity contribution in [2.45, 2.75) is 58.3 Å². The zero-order valence-corrected chi connectivity index (χ0v) is 18.5. The molecule has 0 saturated heterocycles. The van der Waals surface area contributed by atoms with Crippen molar-refractivity contribution >= 4 is 5.97 Å². The van der Waals surface area contributed by atoms with Crippen LogP contribution in [-0.2, 0) is 0 Å². The summed E-state index contributed by atoms with van der Waals surface area (Å²) in [5.41, 5.74) is 1.54. The molecule has 0 heterocycles. The molecule has 0 aromatic heterocycles. The highest BCUT2D eigenvalue weighted by Crippen LogP contribution is 2.30. The number of hydrogen-bond acceptors (Lipinski definition) is 3. The molecule has 2 aromatic rings. The van der Waals surface area contributed by atoms with Crippen molar-refractivity contribution in [1.82, 2.24) is 0 Å². The van der Waals surface area contributed by atoms with Crippen LogP contribution in [0.15, 0.2) is 48.5 Å². The number of rotatable bonds is 13. The number of carbonyl (C=O) groups excluding carboxylic acids is 1. The third-order valence-electron chi connectivity index (χ3n) is 5.40. The standard InChI is InChI=1S/C28H33O3/c1-2-3-4-5-6-7-8-11-21-30-26-17-19-27(20-18-26)31-28(29)25-16-12-15-24(22-25)23-13-9-10-14-23/h9-10,12-20,22H,2-8,11,21H2,1H3. The van der Waals surface area contributed by atoms with Gasteiger partial charge in [0, 0.05) is 5.92 Å². The fraction of sp³-hybridized carbons (Fsp3) is 0.357. The molecule has 2 aromatic carbocycles. The largest absolute Gasteiger partial charge is 0.494 e. The lowest BCUT2D eigenvalue weighted by molar-refractivity contribution is 0.0734. The topological polar surface area (TPSA) is 35.5 Å². The fourth-order valence-electron chi connectivity index (χ4n) is 3.59. The van der Waals surface area contributed by atoms with Gasteiger partial charge in [-0.2, -0.15) is 0 Å². The molecule has 1 fully saturated rings. The third kappa shape index (κ3) is 8.05. The monoisotopic (exact) mass is 417 g/mol. The molecular formula is C28H33O3. The second-order valence-corrected chi connectivity index (χ2v) is 7.94. The van der Waals surface area contributed by atoms with Gasteiger partial charge in [0.15, 0.2) is 0 Å². The fourth-order valence-corrected chi connectivity index (χ4v) is 3.59. The maximum atomic E-state index is 12.5. The van der Waals surface area contributed by atoms with Crippen molar-refractivity contribution in [2.75, 3.05) is 6.61 Å². The van der Waals surface area contributed by atoms with E-state index in [0.29, 0.717) is 11.3 Å². The van der Waals surface area contributed by atoms with Gasteiger partial charge in [0.05, 0.1) is 12.2 Å². The van der Waals surface area contributed by atoms with Gasteiger partial charge in [-0.05, 0) is 74.1 Å². The normalized spacial score (nSPS) is 14.0. The first-order valence-electron chi connectivity index (χ1n) is 11.5. The van der Waals surface area contributed by atoms with E-state index < -0.39 is 0 Å². The summed E-state index contributed by atoms with van der Waals surface area (Å²) in [6.45, 7) is 2.97. The van der Waals surface area contributed by atoms with E-state index in [-0.39, 0.29) is 5.97 Å². The molecule has 3 rings (SSSR count). The summed E-state index contributed by atoms with van der Waals surface area (Å²) in [6, 6.07) is 14.8. The van der Waals surface area contributed by atoms with Crippen molar-refractivity contribution in [3.8, 4) is 11.5 Å². The number of unbranched alkanes of at least 4 members (excludes halogenated alkanes) is 7. The number of benzene rings is 2. The van der Waals surface area contributed by atoms with Crippen molar-refractivity contribution in [3.05, 3.63) is 91.3 Å². The van der Waals surface area contributed by atoms with Gasteiger partial charge < -0.3 is 9.47 Å². The van der Waals surface area contributed by atoms with E-state index in [2.05, 4.69) is 6.92 Å². The summed E-state index contributed by atoms with van der Waals surface area (Å²) < 4.78 is 11.3. The minimum absolute atomic E-state index is 0.360. The molecule has 1 aliphatic rings. The van der Waals surface area contributed by atoms with E-state index >= 15 is 0 Å². The SMILES string of the molecule is CCCCCCCCCCOc1ccc(OC(=O)c2cccc([C]3[CH][CH][CH][CH]3)c2)cc1. The molecule has 0 N–H and O–H groups in total. The van der Waals surface area contributed by atoms with Gasteiger partial charge in [0.25, 0.3) is 0 Å². The van der Waals surface area contributed by atoms with Crippen LogP contribution < -0.4 is 9.47 Å². The Balaban J connectivity index is 1.37. The highest BCUT2D eigenvalue weighted by atomic mass is 16.5. The maximum Gasteiger partial charge on any atom is 0.343 e. The second-order valence-electron chi connectivity index (χ2n) is 7.94. The Bertz CT molecular complexity index is 775. The number of ether oxygens (including phenoxy) is 2. The van der Waals surface area contributed by atoms with Crippen LogP contribution in [0.2, 0.25) is 0 Å². The van der Waals surface area contributed by atoms with Crippen LogP contribution in [-0.4, -0.2) is 12.6 Å². The third-order valence-corrected chi connectivity index (χ3v) is 5.40. The molecule has 0 aliphatic heterocycles. The van der Waals surface area contributed by atoms with E-state index in [9.17, 15) is 4.79 Å². The molecule has 1 saturated carbocycles. The number of esters is 1. The van der Waals surface area contributed by atoms with E-state index in [0.717, 1.165) is 30.3 Å². The van der Waals surface area contributed by atoms with E-state index in [1.807, 2.05) is 56.0 Å². The van der Waals surface area contributed by atoms with Crippen LogP contribution in [0, 0.1) is 31.6 Å². The molecule has 163 valence electrons. The van der Waals surface area contributed by atoms with Crippen LogP contribution in [0.3, 0.4) is 0 Å². The highest BCUT2D eigenvalue weighted by molar-refractivity contribution is 5.91. The number of carbonyl (C=O) groups is 1. The first kappa shape index (κ1) is 23.4. The minimum Gasteiger partial charge on any atom is -0.494 e. The molecular weight excluding hydrogens is 384 g/mol. The molecule has 31 heavy (non-hydrogen) atoms. The first-order chi connectivity index (χ1) is 15.3. The lowest BCUT2D eigenvalue weighted by Crippen LogP contribution is -2.09. The van der Waals surface area contributed by atoms with Crippen LogP contribution in [0.4, 0.5) is 0 Å². The minimum atomic E-state index is -0.360. The van der Waals surface area contributed by atoms with Crippen molar-refractivity contribution < 1.29 is 14.3 Å². The molecule has 0 unspecified atom stereocenters. The first-order valence-corrected chi connectivity index (χ1v) is 11.5. The Morgan fingerprint density at radius 1 is 0.774 bits per heavy atom. The summed E-state index contributed by atoms with van der Waals surface area (Å²) >= 11 is 0. The van der Waals surface area contributed by atoms with Crippen LogP contribution in [0.5, 0.6) is 11.5 Å². The summed E-state index contributed by atoms with van der Waals surface area (Å²) in [6.07, 6.45) is 18.3. The van der Waals surface area contributed by atoms with Crippen molar-refractivity contribution in [2.24, 2.45) is 0 Å². The Hall–Kier alpha value is -2.29. The summed E-state index contributed by atoms with van der Waals surface area (Å²) in [5, 5.41) is 0. The molecule has 5 radical (unpaired) electrons. The average molecular weight is 418 g/mol. The van der Waals surface area contributed by atoms with Gasteiger partial charge in [0.2, 0.25) is 0 Å². The van der Waals surface area contributed by atoms with Gasteiger partial charge in [-0.3, -0.25) is 0 Å². The van der Waals surface area contributed by atoms with Gasteiger partial charge in [0.1, 0.15) is 11.5 Å². The second kappa shape index (κ2) is 13.2. The summed E-state index contributed by atoms with van der Waals surface area (Å²) in [7, 11) is 0. The molecule has 0 atom stereocenters. The van der Waals surface area contributed by atoms with Crippen molar-refractivity contribution in [3.63, 3.8) is 0 Å². The zero-order chi connectivity index (χ0) is 21.7. The van der Waals surface area contributed by atoms with E-state index in [1.54, 1.807) is 18.2 Å². The van der Waals surface area contributed by atoms with E-state index in [4.69, 9.17) is 9.47 Å². The average Bonchev–Trinajstić information content (AvgIpc) is 3.34. The highest BCUT2D eigenvalue weighted by Gasteiger charge is 2.20. The maximum absolute atomic E-state index is 12.5. The van der Waals surface area contributed by atoms with Crippen LogP contribution >= 0.6 is 0 Å². The Labute approximate surface area is 188 Å². The molecule has 0 amide bonds. The Morgan fingerprint density at radius 3 is 2.13 bits per heavy atom. The predicted molar refractivity (Wildman–Crippen MR) is 125 cm³/mol. The van der Waals surface area contributed by atoms with Gasteiger partial charge in [-0.1, -0.05) is 64.0 Å². The van der Waals surface area contributed by atoms with Crippen LogP contribution in [0.1, 0.15) is 74.2 Å². The van der Waals surface area contributed by atoms with E-state index in [1.165, 1.54) is 44.9 Å². The van der Waals surface area contributed by atoms with Gasteiger partial charge in [-0.15, -0.1) is 0 Å². The zero-order valence-electron chi connectivity index (χ0n) is 18.5. The van der Waals surface area contributed by atoms with Crippen molar-refractivity contribution in [1.29, 1.82) is 0 Å². The molecule has 3 heteroatoms. The molecule has 3 nitrogen and oxygen atoms in total. The smallest absolute Gasteiger partial charge is 0.343 e. The van der Waals surface area contributed by atoms with Crippen LogP contribution in [0.25, 0.3) is 0 Å². The quantitative estimate of drug-likeness (QED) is 0.197. The lowest BCUT2D eigenvalue weighted by Gasteiger charge is -2.10. The van der Waals surface area contributed by atoms with Gasteiger partial charge in [-0.25, -0.2) is 4.79 Å². The Morgan fingerprint density at radius 2 is 1.42 bits per heavy atom. The summed E-state index contributed by atoms with van der Waals surface area (Å²) in [4.78, 5) is 12.5. The molecule has 1 aliphatic carbocycles. The molecule has 0 bridgehead atoms. The predicted octanol–water partition coefficient (Wildman–Crippen LogP) is 7.18.